The second kappa shape index (κ2) is 11.7. The predicted molar refractivity (Wildman–Crippen MR) is 151 cm³/mol. The molecule has 5 aliphatic rings. The van der Waals surface area contributed by atoms with Crippen molar-refractivity contribution < 1.29 is 14.4 Å². The molecular weight excluding hydrogens is 516 g/mol. The number of carbonyl (C=O) groups is 3. The molecule has 39 heavy (non-hydrogen) atoms. The maximum absolute atomic E-state index is 13.1. The Morgan fingerprint density at radius 2 is 1.46 bits per heavy atom. The third kappa shape index (κ3) is 5.82. The fourth-order valence-corrected chi connectivity index (χ4v) is 7.49. The van der Waals surface area contributed by atoms with Gasteiger partial charge in [0, 0.05) is 76.5 Å². The first kappa shape index (κ1) is 27.0. The molecule has 0 radical (unpaired) electrons. The number of carbonyl (C=O) groups excluding carboxylic acids is 3. The number of hydrogen-bond acceptors (Lipinski definition) is 7. The van der Waals surface area contributed by atoms with Crippen molar-refractivity contribution in [3.05, 3.63) is 28.3 Å². The van der Waals surface area contributed by atoms with Gasteiger partial charge in [-0.15, -0.1) is 0 Å². The number of imide groups is 1. The maximum atomic E-state index is 13.1. The van der Waals surface area contributed by atoms with Gasteiger partial charge in [-0.05, 0) is 69.2 Å². The number of anilines is 1. The van der Waals surface area contributed by atoms with Crippen LogP contribution >= 0.6 is 11.6 Å². The molecule has 1 unspecified atom stereocenters. The molecule has 5 heterocycles. The molecule has 212 valence electrons. The van der Waals surface area contributed by atoms with Crippen molar-refractivity contribution in [2.75, 3.05) is 70.3 Å². The lowest BCUT2D eigenvalue weighted by Gasteiger charge is -2.40. The minimum atomic E-state index is -0.621. The summed E-state index contributed by atoms with van der Waals surface area (Å²) in [7, 11) is 0. The number of fused-ring (bicyclic) bond motifs is 1. The van der Waals surface area contributed by atoms with E-state index in [-0.39, 0.29) is 18.2 Å². The van der Waals surface area contributed by atoms with Crippen molar-refractivity contribution in [2.45, 2.75) is 51.1 Å². The van der Waals surface area contributed by atoms with Crippen LogP contribution in [0.3, 0.4) is 0 Å². The smallest absolute Gasteiger partial charge is 0.255 e. The summed E-state index contributed by atoms with van der Waals surface area (Å²) >= 11 is 6.90. The molecule has 0 saturated carbocycles. The largest absolute Gasteiger partial charge is 0.370 e. The van der Waals surface area contributed by atoms with Crippen molar-refractivity contribution >= 4 is 35.0 Å². The van der Waals surface area contributed by atoms with Crippen LogP contribution in [-0.4, -0.2) is 104 Å². The predicted octanol–water partition coefficient (Wildman–Crippen LogP) is 1.93. The van der Waals surface area contributed by atoms with Gasteiger partial charge in [0.2, 0.25) is 11.8 Å². The highest BCUT2D eigenvalue weighted by Crippen LogP contribution is 2.39. The zero-order chi connectivity index (χ0) is 26.9. The normalized spacial score (nSPS) is 26.3. The summed E-state index contributed by atoms with van der Waals surface area (Å²) in [5, 5.41) is 6.46. The third-order valence-electron chi connectivity index (χ3n) is 9.54. The van der Waals surface area contributed by atoms with Gasteiger partial charge in [0.1, 0.15) is 6.04 Å². The van der Waals surface area contributed by atoms with Crippen molar-refractivity contribution in [2.24, 2.45) is 11.8 Å². The lowest BCUT2D eigenvalue weighted by atomic mass is 9.95. The van der Waals surface area contributed by atoms with Crippen LogP contribution < -0.4 is 15.5 Å². The van der Waals surface area contributed by atoms with E-state index < -0.39 is 11.9 Å². The van der Waals surface area contributed by atoms with Crippen molar-refractivity contribution in [3.8, 4) is 0 Å². The van der Waals surface area contributed by atoms with E-state index in [2.05, 4.69) is 25.3 Å². The van der Waals surface area contributed by atoms with Crippen LogP contribution in [-0.2, 0) is 16.1 Å². The Balaban J connectivity index is 0.997. The fourth-order valence-electron chi connectivity index (χ4n) is 7.14. The number of amides is 3. The molecule has 10 heteroatoms. The van der Waals surface area contributed by atoms with Gasteiger partial charge in [-0.1, -0.05) is 11.6 Å². The molecule has 4 fully saturated rings. The lowest BCUT2D eigenvalue weighted by Crippen LogP contribution is -2.52. The standard InChI is InChI=1S/C29H41ClN6O3/c30-27-23-19-36(25-3-4-26(37)32-28(25)38)29(39)22(23)1-2-24(27)35-11-7-21(8-12-35)18-34-15-13-33(14-16-34)17-20-5-9-31-10-6-20/h1-2,20-21,25,31H,3-19H2,(H,32,37,38). The average Bonchev–Trinajstić information content (AvgIpc) is 3.28. The van der Waals surface area contributed by atoms with Gasteiger partial charge in [-0.2, -0.15) is 0 Å². The molecule has 0 bridgehead atoms. The van der Waals surface area contributed by atoms with E-state index in [0.717, 1.165) is 43.1 Å². The minimum Gasteiger partial charge on any atom is -0.370 e. The second-order valence-corrected chi connectivity index (χ2v) is 12.4. The highest BCUT2D eigenvalue weighted by Gasteiger charge is 2.40. The second-order valence-electron chi connectivity index (χ2n) is 12.0. The molecule has 2 N–H and O–H groups in total. The van der Waals surface area contributed by atoms with Crippen molar-refractivity contribution in [1.29, 1.82) is 0 Å². The third-order valence-corrected chi connectivity index (χ3v) is 9.96. The van der Waals surface area contributed by atoms with Gasteiger partial charge < -0.3 is 24.9 Å². The van der Waals surface area contributed by atoms with E-state index in [1.807, 2.05) is 12.1 Å². The molecule has 5 aliphatic heterocycles. The Hall–Kier alpha value is -2.20. The van der Waals surface area contributed by atoms with E-state index in [0.29, 0.717) is 29.5 Å². The van der Waals surface area contributed by atoms with Crippen LogP contribution in [0.2, 0.25) is 5.02 Å². The van der Waals surface area contributed by atoms with Crippen LogP contribution in [0.25, 0.3) is 0 Å². The number of rotatable bonds is 6. The molecule has 1 aromatic carbocycles. The van der Waals surface area contributed by atoms with Gasteiger partial charge in [-0.25, -0.2) is 0 Å². The number of halogens is 1. The molecule has 0 aliphatic carbocycles. The van der Waals surface area contributed by atoms with Crippen molar-refractivity contribution in [3.63, 3.8) is 0 Å². The summed E-state index contributed by atoms with van der Waals surface area (Å²) < 4.78 is 0. The van der Waals surface area contributed by atoms with E-state index in [4.69, 9.17) is 11.6 Å². The van der Waals surface area contributed by atoms with Gasteiger partial charge in [-0.3, -0.25) is 19.7 Å². The summed E-state index contributed by atoms with van der Waals surface area (Å²) in [4.78, 5) is 46.3. The highest BCUT2D eigenvalue weighted by atomic mass is 35.5. The average molecular weight is 557 g/mol. The Labute approximate surface area is 236 Å². The summed E-state index contributed by atoms with van der Waals surface area (Å²) in [6.07, 6.45) is 5.53. The first-order valence-electron chi connectivity index (χ1n) is 14.8. The van der Waals surface area contributed by atoms with Gasteiger partial charge in [0.05, 0.1) is 10.7 Å². The van der Waals surface area contributed by atoms with Gasteiger partial charge in [0.25, 0.3) is 5.91 Å². The molecule has 9 nitrogen and oxygen atoms in total. The van der Waals surface area contributed by atoms with Gasteiger partial charge in [0.15, 0.2) is 0 Å². The topological polar surface area (TPSA) is 88.2 Å². The van der Waals surface area contributed by atoms with Crippen LogP contribution in [0, 0.1) is 11.8 Å². The quantitative estimate of drug-likeness (QED) is 0.518. The summed E-state index contributed by atoms with van der Waals surface area (Å²) in [5.41, 5.74) is 2.36. The first-order chi connectivity index (χ1) is 19.0. The Kier molecular flexibility index (Phi) is 8.12. The summed E-state index contributed by atoms with van der Waals surface area (Å²) in [6.45, 7) is 11.8. The maximum Gasteiger partial charge on any atom is 0.255 e. The monoisotopic (exact) mass is 556 g/mol. The van der Waals surface area contributed by atoms with Crippen LogP contribution in [0.4, 0.5) is 5.69 Å². The SMILES string of the molecule is O=C1CCC(N2Cc3c(ccc(N4CCC(CN5CCN(CC6CCNCC6)CC5)CC4)c3Cl)C2=O)C(=O)N1. The van der Waals surface area contributed by atoms with E-state index in [1.165, 1.54) is 65.2 Å². The van der Waals surface area contributed by atoms with Crippen molar-refractivity contribution in [1.82, 2.24) is 25.3 Å². The number of hydrogen-bond donors (Lipinski definition) is 2. The van der Waals surface area contributed by atoms with E-state index in [9.17, 15) is 14.4 Å². The zero-order valence-electron chi connectivity index (χ0n) is 22.8. The lowest BCUT2D eigenvalue weighted by molar-refractivity contribution is -0.136. The minimum absolute atomic E-state index is 0.178. The highest BCUT2D eigenvalue weighted by molar-refractivity contribution is 6.35. The molecule has 6 rings (SSSR count). The van der Waals surface area contributed by atoms with Crippen LogP contribution in [0.15, 0.2) is 12.1 Å². The van der Waals surface area contributed by atoms with E-state index >= 15 is 0 Å². The molecule has 1 atom stereocenters. The molecular formula is C29H41ClN6O3. The Bertz CT molecular complexity index is 1090. The number of nitrogens with zero attached hydrogens (tertiary/aromatic N) is 4. The van der Waals surface area contributed by atoms with Crippen LogP contribution in [0.1, 0.15) is 54.4 Å². The van der Waals surface area contributed by atoms with Crippen LogP contribution in [0.5, 0.6) is 0 Å². The number of nitrogens with one attached hydrogen (secondary N) is 2. The molecule has 0 spiro atoms. The first-order valence-corrected chi connectivity index (χ1v) is 15.2. The molecule has 4 saturated heterocycles. The van der Waals surface area contributed by atoms with E-state index in [1.54, 1.807) is 4.90 Å². The zero-order valence-corrected chi connectivity index (χ0v) is 23.6. The summed E-state index contributed by atoms with van der Waals surface area (Å²) in [6, 6.07) is 3.21. The molecule has 3 amide bonds. The Morgan fingerprint density at radius 1 is 0.821 bits per heavy atom. The van der Waals surface area contributed by atoms with Gasteiger partial charge >= 0.3 is 0 Å². The molecule has 0 aromatic heterocycles. The number of piperazine rings is 1. The Morgan fingerprint density at radius 3 is 2.10 bits per heavy atom. The fraction of sp³-hybridized carbons (Fsp3) is 0.690. The number of piperidine rings is 3. The molecule has 1 aromatic rings. The number of benzene rings is 1. The summed E-state index contributed by atoms with van der Waals surface area (Å²) in [5.74, 6) is 0.720.